The molecular formula is C22H18ClN3O3S. The predicted octanol–water partition coefficient (Wildman–Crippen LogP) is 5.45. The molecule has 3 aromatic rings. The van der Waals surface area contributed by atoms with Gasteiger partial charge in [-0.25, -0.2) is 5.43 Å². The number of carbonyl (C=O) groups is 1. The number of hydrogen-bond acceptors (Lipinski definition) is 5. The molecule has 30 heavy (non-hydrogen) atoms. The first-order valence-electron chi connectivity index (χ1n) is 9.01. The number of amides is 1. The molecule has 0 aliphatic heterocycles. The van der Waals surface area contributed by atoms with E-state index in [1.54, 1.807) is 23.9 Å². The number of hydrogen-bond donors (Lipinski definition) is 1. The Morgan fingerprint density at radius 3 is 2.37 bits per heavy atom. The SMILES string of the molecule is O=C(N/N=C/c1cc([N+](=O)[O-])ccc1Cl)c1ccc(CSCc2ccccc2)cc1. The van der Waals surface area contributed by atoms with Gasteiger partial charge in [0.15, 0.2) is 0 Å². The molecule has 0 aliphatic carbocycles. The minimum absolute atomic E-state index is 0.104. The number of benzene rings is 3. The molecule has 1 N–H and O–H groups in total. The Hall–Kier alpha value is -3.16. The molecule has 3 aromatic carbocycles. The van der Waals surface area contributed by atoms with Gasteiger partial charge in [0.05, 0.1) is 11.1 Å². The van der Waals surface area contributed by atoms with Crippen LogP contribution in [0.15, 0.2) is 77.9 Å². The summed E-state index contributed by atoms with van der Waals surface area (Å²) < 4.78 is 0. The van der Waals surface area contributed by atoms with Crippen LogP contribution >= 0.6 is 23.4 Å². The zero-order valence-electron chi connectivity index (χ0n) is 15.8. The summed E-state index contributed by atoms with van der Waals surface area (Å²) in [5, 5.41) is 15.0. The zero-order valence-corrected chi connectivity index (χ0v) is 17.4. The van der Waals surface area contributed by atoms with Gasteiger partial charge >= 0.3 is 0 Å². The van der Waals surface area contributed by atoms with Gasteiger partial charge in [0, 0.05) is 39.8 Å². The van der Waals surface area contributed by atoms with Crippen LogP contribution in [0.3, 0.4) is 0 Å². The van der Waals surface area contributed by atoms with Crippen molar-refractivity contribution in [3.05, 3.63) is 110 Å². The molecule has 0 aliphatic rings. The summed E-state index contributed by atoms with van der Waals surface area (Å²) in [7, 11) is 0. The van der Waals surface area contributed by atoms with E-state index in [-0.39, 0.29) is 11.6 Å². The molecule has 6 nitrogen and oxygen atoms in total. The van der Waals surface area contributed by atoms with Gasteiger partial charge in [-0.2, -0.15) is 16.9 Å². The van der Waals surface area contributed by atoms with Crippen molar-refractivity contribution < 1.29 is 9.72 Å². The van der Waals surface area contributed by atoms with Crippen molar-refractivity contribution >= 4 is 41.2 Å². The smallest absolute Gasteiger partial charge is 0.267 e. The van der Waals surface area contributed by atoms with Crippen molar-refractivity contribution in [2.75, 3.05) is 0 Å². The molecule has 152 valence electrons. The summed E-state index contributed by atoms with van der Waals surface area (Å²) in [6.45, 7) is 0. The van der Waals surface area contributed by atoms with Crippen LogP contribution in [-0.4, -0.2) is 17.0 Å². The van der Waals surface area contributed by atoms with Crippen LogP contribution in [0.5, 0.6) is 0 Å². The zero-order chi connectivity index (χ0) is 21.3. The number of non-ortho nitro benzene ring substituents is 1. The van der Waals surface area contributed by atoms with Crippen molar-refractivity contribution in [2.24, 2.45) is 5.10 Å². The number of thioether (sulfide) groups is 1. The third kappa shape index (κ3) is 6.17. The maximum absolute atomic E-state index is 12.2. The highest BCUT2D eigenvalue weighted by atomic mass is 35.5. The van der Waals surface area contributed by atoms with Gasteiger partial charge < -0.3 is 0 Å². The molecule has 3 rings (SSSR count). The maximum atomic E-state index is 12.2. The molecular weight excluding hydrogens is 422 g/mol. The van der Waals surface area contributed by atoms with Crippen LogP contribution in [0, 0.1) is 10.1 Å². The number of nitro groups is 1. The van der Waals surface area contributed by atoms with E-state index in [1.807, 2.05) is 30.3 Å². The highest BCUT2D eigenvalue weighted by molar-refractivity contribution is 7.97. The second kappa shape index (κ2) is 10.6. The second-order valence-electron chi connectivity index (χ2n) is 6.34. The predicted molar refractivity (Wildman–Crippen MR) is 121 cm³/mol. The Balaban J connectivity index is 1.53. The van der Waals surface area contributed by atoms with Crippen LogP contribution in [0.2, 0.25) is 5.02 Å². The molecule has 0 saturated heterocycles. The lowest BCUT2D eigenvalue weighted by Gasteiger charge is -2.04. The van der Waals surface area contributed by atoms with Crippen molar-refractivity contribution in [2.45, 2.75) is 11.5 Å². The number of halogens is 1. The van der Waals surface area contributed by atoms with E-state index < -0.39 is 4.92 Å². The van der Waals surface area contributed by atoms with E-state index in [9.17, 15) is 14.9 Å². The van der Waals surface area contributed by atoms with E-state index in [4.69, 9.17) is 11.6 Å². The highest BCUT2D eigenvalue weighted by Crippen LogP contribution is 2.20. The van der Waals surface area contributed by atoms with Crippen molar-refractivity contribution in [1.82, 2.24) is 5.43 Å². The Kier molecular flexibility index (Phi) is 7.59. The van der Waals surface area contributed by atoms with Gasteiger partial charge in [-0.05, 0) is 29.3 Å². The Bertz CT molecular complexity index is 1060. The standard InChI is InChI=1S/C22H18ClN3O3S/c23-21-11-10-20(26(28)29)12-19(21)13-24-25-22(27)18-8-6-17(7-9-18)15-30-14-16-4-2-1-3-5-16/h1-13H,14-15H2,(H,25,27)/b24-13+. The molecule has 1 amide bonds. The summed E-state index contributed by atoms with van der Waals surface area (Å²) in [6.07, 6.45) is 1.28. The average molecular weight is 440 g/mol. The number of nitrogens with one attached hydrogen (secondary N) is 1. The molecule has 8 heteroatoms. The van der Waals surface area contributed by atoms with Crippen LogP contribution in [0.25, 0.3) is 0 Å². The Labute approximate surface area is 183 Å². The average Bonchev–Trinajstić information content (AvgIpc) is 2.76. The fraction of sp³-hybridized carbons (Fsp3) is 0.0909. The maximum Gasteiger partial charge on any atom is 0.271 e. The first-order valence-corrected chi connectivity index (χ1v) is 10.5. The second-order valence-corrected chi connectivity index (χ2v) is 7.73. The highest BCUT2D eigenvalue weighted by Gasteiger charge is 2.09. The fourth-order valence-corrected chi connectivity index (χ4v) is 3.71. The normalized spacial score (nSPS) is 10.8. The lowest BCUT2D eigenvalue weighted by atomic mass is 10.1. The minimum Gasteiger partial charge on any atom is -0.267 e. The third-order valence-electron chi connectivity index (χ3n) is 4.16. The number of carbonyl (C=O) groups excluding carboxylic acids is 1. The van der Waals surface area contributed by atoms with Crippen molar-refractivity contribution in [1.29, 1.82) is 0 Å². The molecule has 0 saturated carbocycles. The Morgan fingerprint density at radius 1 is 1.03 bits per heavy atom. The molecule has 0 atom stereocenters. The summed E-state index contributed by atoms with van der Waals surface area (Å²) >= 11 is 7.81. The fourth-order valence-electron chi connectivity index (χ4n) is 2.58. The van der Waals surface area contributed by atoms with E-state index in [0.29, 0.717) is 16.1 Å². The number of hydrazone groups is 1. The van der Waals surface area contributed by atoms with Crippen LogP contribution in [0.1, 0.15) is 27.0 Å². The first kappa shape index (κ1) is 21.5. The van der Waals surface area contributed by atoms with Crippen molar-refractivity contribution in [3.63, 3.8) is 0 Å². The van der Waals surface area contributed by atoms with E-state index in [1.165, 1.54) is 30.0 Å². The summed E-state index contributed by atoms with van der Waals surface area (Å²) in [4.78, 5) is 22.6. The number of nitrogens with zero attached hydrogens (tertiary/aromatic N) is 2. The topological polar surface area (TPSA) is 84.6 Å². The number of rotatable bonds is 8. The van der Waals surface area contributed by atoms with Crippen molar-refractivity contribution in [3.8, 4) is 0 Å². The molecule has 0 aromatic heterocycles. The monoisotopic (exact) mass is 439 g/mol. The summed E-state index contributed by atoms with van der Waals surface area (Å²) in [5.41, 5.74) is 5.51. The lowest BCUT2D eigenvalue weighted by molar-refractivity contribution is -0.384. The third-order valence-corrected chi connectivity index (χ3v) is 5.58. The molecule has 0 heterocycles. The van der Waals surface area contributed by atoms with Gasteiger partial charge in [-0.3, -0.25) is 14.9 Å². The lowest BCUT2D eigenvalue weighted by Crippen LogP contribution is -2.17. The Morgan fingerprint density at radius 2 is 1.70 bits per heavy atom. The van der Waals surface area contributed by atoms with Crippen LogP contribution in [-0.2, 0) is 11.5 Å². The van der Waals surface area contributed by atoms with Gasteiger partial charge in [0.1, 0.15) is 0 Å². The van der Waals surface area contributed by atoms with Gasteiger partial charge in [-0.15, -0.1) is 0 Å². The van der Waals surface area contributed by atoms with Gasteiger partial charge in [0.25, 0.3) is 11.6 Å². The molecule has 0 spiro atoms. The first-order chi connectivity index (χ1) is 14.5. The van der Waals surface area contributed by atoms with E-state index >= 15 is 0 Å². The largest absolute Gasteiger partial charge is 0.271 e. The van der Waals surface area contributed by atoms with Crippen LogP contribution < -0.4 is 5.43 Å². The van der Waals surface area contributed by atoms with Gasteiger partial charge in [-0.1, -0.05) is 54.1 Å². The molecule has 0 fully saturated rings. The van der Waals surface area contributed by atoms with Gasteiger partial charge in [0.2, 0.25) is 0 Å². The molecule has 0 bridgehead atoms. The minimum atomic E-state index is -0.522. The summed E-state index contributed by atoms with van der Waals surface area (Å²) in [6, 6.07) is 21.6. The van der Waals surface area contributed by atoms with Crippen LogP contribution in [0.4, 0.5) is 5.69 Å². The van der Waals surface area contributed by atoms with E-state index in [2.05, 4.69) is 22.7 Å². The molecule has 0 unspecified atom stereocenters. The quantitative estimate of drug-likeness (QED) is 0.287. The summed E-state index contributed by atoms with van der Waals surface area (Å²) in [5.74, 6) is 1.40. The number of nitro benzene ring substituents is 1. The van der Waals surface area contributed by atoms with E-state index in [0.717, 1.165) is 17.1 Å². The molecule has 0 radical (unpaired) electrons.